The molecule has 1 atom stereocenters. The van der Waals surface area contributed by atoms with E-state index in [1.807, 2.05) is 13.8 Å². The maximum atomic E-state index is 13.0. The van der Waals surface area contributed by atoms with Crippen LogP contribution in [-0.2, 0) is 20.3 Å². The summed E-state index contributed by atoms with van der Waals surface area (Å²) in [6, 6.07) is 3.26. The Hall–Kier alpha value is -0.850. The molecule has 0 bridgehead atoms. The van der Waals surface area contributed by atoms with Crippen LogP contribution in [0.2, 0.25) is 0 Å². The first kappa shape index (κ1) is 16.2. The maximum Gasteiger partial charge on any atom is 0.160 e. The van der Waals surface area contributed by atoms with Gasteiger partial charge in [-0.3, -0.25) is 4.21 Å². The topological polar surface area (TPSA) is 35.5 Å². The van der Waals surface area contributed by atoms with Gasteiger partial charge in [0, 0.05) is 30.3 Å². The Kier molecular flexibility index (Phi) is 7.12. The van der Waals surface area contributed by atoms with E-state index in [1.54, 1.807) is 0 Å². The molecule has 0 saturated heterocycles. The first-order chi connectivity index (χ1) is 9.08. The summed E-state index contributed by atoms with van der Waals surface area (Å²) in [7, 11) is -1.40. The summed E-state index contributed by atoms with van der Waals surface area (Å²) >= 11 is 0. The van der Waals surface area contributed by atoms with Crippen LogP contribution in [-0.4, -0.2) is 29.5 Å². The second kappa shape index (κ2) is 8.35. The number of benzene rings is 1. The van der Waals surface area contributed by atoms with Gasteiger partial charge in [-0.1, -0.05) is 0 Å². The van der Waals surface area contributed by atoms with E-state index in [0.29, 0.717) is 19.6 Å². The molecule has 1 unspecified atom stereocenters. The van der Waals surface area contributed by atoms with Gasteiger partial charge in [0.15, 0.2) is 17.9 Å². The molecule has 6 heteroatoms. The van der Waals surface area contributed by atoms with Crippen molar-refractivity contribution in [2.24, 2.45) is 0 Å². The zero-order valence-corrected chi connectivity index (χ0v) is 11.8. The van der Waals surface area contributed by atoms with Crippen LogP contribution in [0.3, 0.4) is 0 Å². The summed E-state index contributed by atoms with van der Waals surface area (Å²) in [4.78, 5) is 0.269. The highest BCUT2D eigenvalue weighted by Gasteiger charge is 2.13. The normalized spacial score (nSPS) is 12.9. The molecule has 108 valence electrons. The molecular weight excluding hydrogens is 274 g/mol. The van der Waals surface area contributed by atoms with E-state index >= 15 is 0 Å². The first-order valence-electron chi connectivity index (χ1n) is 6.15. The molecule has 0 amide bonds. The third kappa shape index (κ3) is 5.34. The highest BCUT2D eigenvalue weighted by Crippen LogP contribution is 2.14. The molecule has 3 nitrogen and oxygen atoms in total. The second-order valence-corrected chi connectivity index (χ2v) is 5.33. The highest BCUT2D eigenvalue weighted by atomic mass is 32.2. The molecule has 1 aromatic rings. The Morgan fingerprint density at radius 3 is 2.32 bits per heavy atom. The molecule has 0 radical (unpaired) electrons. The van der Waals surface area contributed by atoms with E-state index in [0.717, 1.165) is 12.1 Å². The molecule has 0 fully saturated rings. The lowest BCUT2D eigenvalue weighted by molar-refractivity contribution is -0.136. The molecule has 0 aliphatic rings. The van der Waals surface area contributed by atoms with Gasteiger partial charge in [0.2, 0.25) is 0 Å². The maximum absolute atomic E-state index is 13.0. The largest absolute Gasteiger partial charge is 0.353 e. The van der Waals surface area contributed by atoms with Crippen LogP contribution in [0.15, 0.2) is 23.1 Å². The van der Waals surface area contributed by atoms with Crippen LogP contribution in [0.5, 0.6) is 0 Å². The molecule has 1 aromatic carbocycles. The van der Waals surface area contributed by atoms with Crippen molar-refractivity contribution >= 4 is 10.8 Å². The number of hydrogen-bond acceptors (Lipinski definition) is 3. The average molecular weight is 292 g/mol. The number of rotatable bonds is 8. The predicted octanol–water partition coefficient (Wildman–Crippen LogP) is 2.86. The summed E-state index contributed by atoms with van der Waals surface area (Å²) in [5.74, 6) is -1.66. The number of halogens is 2. The Labute approximate surface area is 114 Å². The Morgan fingerprint density at radius 2 is 1.79 bits per heavy atom. The standard InChI is InChI=1S/C13H18F2O3S/c1-3-17-13(18-4-2)7-8-19(16)10-5-6-11(14)12(15)9-10/h5-6,9,13H,3-4,7-8H2,1-2H3. The Morgan fingerprint density at radius 1 is 1.16 bits per heavy atom. The van der Waals surface area contributed by atoms with Crippen LogP contribution in [0.25, 0.3) is 0 Å². The summed E-state index contributed by atoms with van der Waals surface area (Å²) < 4.78 is 48.4. The smallest absolute Gasteiger partial charge is 0.160 e. The SMILES string of the molecule is CCOC(CCS(=O)c1ccc(F)c(F)c1)OCC. The molecule has 0 heterocycles. The molecule has 1 rings (SSSR count). The van der Waals surface area contributed by atoms with E-state index in [1.165, 1.54) is 6.07 Å². The molecule has 0 aliphatic heterocycles. The van der Waals surface area contributed by atoms with Crippen LogP contribution >= 0.6 is 0 Å². The van der Waals surface area contributed by atoms with Gasteiger partial charge in [0.05, 0.1) is 10.8 Å². The van der Waals surface area contributed by atoms with Crippen molar-refractivity contribution in [1.82, 2.24) is 0 Å². The minimum Gasteiger partial charge on any atom is -0.353 e. The van der Waals surface area contributed by atoms with Crippen molar-refractivity contribution in [2.45, 2.75) is 31.5 Å². The van der Waals surface area contributed by atoms with Gasteiger partial charge in [-0.25, -0.2) is 8.78 Å². The van der Waals surface area contributed by atoms with Crippen LogP contribution in [0, 0.1) is 11.6 Å². The third-order valence-electron chi connectivity index (χ3n) is 2.40. The molecule has 0 aliphatic carbocycles. The first-order valence-corrected chi connectivity index (χ1v) is 7.47. The van der Waals surface area contributed by atoms with Gasteiger partial charge < -0.3 is 9.47 Å². The average Bonchev–Trinajstić information content (AvgIpc) is 2.39. The van der Waals surface area contributed by atoms with Crippen LogP contribution in [0.1, 0.15) is 20.3 Å². The van der Waals surface area contributed by atoms with E-state index in [4.69, 9.17) is 9.47 Å². The number of hydrogen-bond donors (Lipinski definition) is 0. The van der Waals surface area contributed by atoms with Crippen molar-refractivity contribution in [3.63, 3.8) is 0 Å². The molecule has 0 saturated carbocycles. The van der Waals surface area contributed by atoms with Crippen LogP contribution < -0.4 is 0 Å². The highest BCUT2D eigenvalue weighted by molar-refractivity contribution is 7.85. The van der Waals surface area contributed by atoms with E-state index in [9.17, 15) is 13.0 Å². The van der Waals surface area contributed by atoms with Gasteiger partial charge in [-0.15, -0.1) is 0 Å². The van der Waals surface area contributed by atoms with E-state index in [-0.39, 0.29) is 10.6 Å². The quantitative estimate of drug-likeness (QED) is 0.691. The molecule has 0 N–H and O–H groups in total. The van der Waals surface area contributed by atoms with Gasteiger partial charge >= 0.3 is 0 Å². The zero-order valence-electron chi connectivity index (χ0n) is 11.0. The Balaban J connectivity index is 2.56. The van der Waals surface area contributed by atoms with Crippen molar-refractivity contribution in [3.05, 3.63) is 29.8 Å². The fraction of sp³-hybridized carbons (Fsp3) is 0.538. The molecule has 0 aromatic heterocycles. The minimum absolute atomic E-state index is 0.269. The summed E-state index contributed by atoms with van der Waals surface area (Å²) in [6.07, 6.45) is 0.0250. The lowest BCUT2D eigenvalue weighted by atomic mass is 10.3. The predicted molar refractivity (Wildman–Crippen MR) is 69.3 cm³/mol. The van der Waals surface area contributed by atoms with Gasteiger partial charge in [0.25, 0.3) is 0 Å². The minimum atomic E-state index is -1.40. The molecule has 0 spiro atoms. The number of ether oxygens (including phenoxy) is 2. The van der Waals surface area contributed by atoms with Crippen LogP contribution in [0.4, 0.5) is 8.78 Å². The van der Waals surface area contributed by atoms with Gasteiger partial charge in [-0.2, -0.15) is 0 Å². The summed E-state index contributed by atoms with van der Waals surface area (Å²) in [6.45, 7) is 4.70. The molecular formula is C13H18F2O3S. The fourth-order valence-corrected chi connectivity index (χ4v) is 2.62. The summed E-state index contributed by atoms with van der Waals surface area (Å²) in [5.41, 5.74) is 0. The van der Waals surface area contributed by atoms with E-state index < -0.39 is 28.7 Å². The second-order valence-electron chi connectivity index (χ2n) is 3.75. The fourth-order valence-electron chi connectivity index (χ4n) is 1.53. The van der Waals surface area contributed by atoms with Gasteiger partial charge in [0.1, 0.15) is 0 Å². The lowest BCUT2D eigenvalue weighted by Gasteiger charge is -2.16. The van der Waals surface area contributed by atoms with E-state index in [2.05, 4.69) is 0 Å². The zero-order chi connectivity index (χ0) is 14.3. The lowest BCUT2D eigenvalue weighted by Crippen LogP contribution is -2.20. The van der Waals surface area contributed by atoms with Gasteiger partial charge in [-0.05, 0) is 32.0 Å². The third-order valence-corrected chi connectivity index (χ3v) is 3.78. The van der Waals surface area contributed by atoms with Crippen molar-refractivity contribution in [1.29, 1.82) is 0 Å². The Bertz CT molecular complexity index is 420. The summed E-state index contributed by atoms with van der Waals surface area (Å²) in [5, 5.41) is 0. The van der Waals surface area contributed by atoms with Crippen molar-refractivity contribution < 1.29 is 22.5 Å². The van der Waals surface area contributed by atoms with Crippen molar-refractivity contribution in [2.75, 3.05) is 19.0 Å². The molecule has 19 heavy (non-hydrogen) atoms. The van der Waals surface area contributed by atoms with Crippen molar-refractivity contribution in [3.8, 4) is 0 Å². The monoisotopic (exact) mass is 292 g/mol.